The summed E-state index contributed by atoms with van der Waals surface area (Å²) in [7, 11) is 1.52. The lowest BCUT2D eigenvalue weighted by Gasteiger charge is -2.36. The molecule has 0 aliphatic carbocycles. The molecule has 1 saturated heterocycles. The summed E-state index contributed by atoms with van der Waals surface area (Å²) in [6, 6.07) is 1.75. The average Bonchev–Trinajstić information content (AvgIpc) is 2.66. The maximum absolute atomic E-state index is 12.9. The number of hydrogen-bond acceptors (Lipinski definition) is 6. The first-order valence-corrected chi connectivity index (χ1v) is 9.50. The monoisotopic (exact) mass is 389 g/mol. The van der Waals surface area contributed by atoms with E-state index in [1.807, 2.05) is 0 Å². The molecule has 3 rings (SSSR count). The quantitative estimate of drug-likeness (QED) is 0.746. The Morgan fingerprint density at radius 2 is 2.00 bits per heavy atom. The standard InChI is InChI=1S/C19H27N5O4/c1-11(2)14(24-5-7-28-8-6-24)10-20-17(25)13-9-12(3)21-16-15(13)18(26)22-19(27)23(16)4/h9,11,14H,5-8,10H2,1-4H3,(H,20,25)(H,22,26,27)/t14-/m1/s1. The van der Waals surface area contributed by atoms with Gasteiger partial charge in [-0.25, -0.2) is 9.78 Å². The SMILES string of the molecule is Cc1cc(C(=O)NC[C@H](C(C)C)N2CCOCC2)c2c(=O)[nH]c(=O)n(C)c2n1. The number of hydrogen-bond donors (Lipinski definition) is 2. The summed E-state index contributed by atoms with van der Waals surface area (Å²) in [4.78, 5) is 46.0. The fourth-order valence-corrected chi connectivity index (χ4v) is 3.63. The van der Waals surface area contributed by atoms with Crippen LogP contribution in [0.5, 0.6) is 0 Å². The number of aryl methyl sites for hydroxylation is 2. The lowest BCUT2D eigenvalue weighted by Crippen LogP contribution is -2.51. The van der Waals surface area contributed by atoms with Crippen LogP contribution in [-0.4, -0.2) is 64.2 Å². The Kier molecular flexibility index (Phi) is 5.95. The van der Waals surface area contributed by atoms with Gasteiger partial charge in [-0.05, 0) is 18.9 Å². The third kappa shape index (κ3) is 4.00. The van der Waals surface area contributed by atoms with Gasteiger partial charge in [0.15, 0.2) is 0 Å². The van der Waals surface area contributed by atoms with Gasteiger partial charge in [0.1, 0.15) is 5.65 Å². The van der Waals surface area contributed by atoms with Crippen LogP contribution < -0.4 is 16.6 Å². The summed E-state index contributed by atoms with van der Waals surface area (Å²) in [5, 5.41) is 3.09. The van der Waals surface area contributed by atoms with Gasteiger partial charge < -0.3 is 10.1 Å². The first-order valence-electron chi connectivity index (χ1n) is 9.50. The van der Waals surface area contributed by atoms with Crippen molar-refractivity contribution in [2.45, 2.75) is 26.8 Å². The van der Waals surface area contributed by atoms with E-state index < -0.39 is 11.2 Å². The second kappa shape index (κ2) is 8.24. The smallest absolute Gasteiger partial charge is 0.329 e. The molecule has 1 fully saturated rings. The normalized spacial score (nSPS) is 16.5. The molecule has 0 bridgehead atoms. The van der Waals surface area contributed by atoms with Crippen LogP contribution in [-0.2, 0) is 11.8 Å². The molecule has 3 heterocycles. The zero-order chi connectivity index (χ0) is 20.4. The van der Waals surface area contributed by atoms with Crippen molar-refractivity contribution in [2.24, 2.45) is 13.0 Å². The number of nitrogens with one attached hydrogen (secondary N) is 2. The second-order valence-corrected chi connectivity index (χ2v) is 7.50. The number of fused-ring (bicyclic) bond motifs is 1. The Hall–Kier alpha value is -2.52. The van der Waals surface area contributed by atoms with E-state index in [0.29, 0.717) is 31.4 Å². The Morgan fingerprint density at radius 3 is 2.64 bits per heavy atom. The number of carbonyl (C=O) groups is 1. The van der Waals surface area contributed by atoms with Gasteiger partial charge in [-0.3, -0.25) is 24.0 Å². The van der Waals surface area contributed by atoms with Crippen molar-refractivity contribution in [3.63, 3.8) is 0 Å². The van der Waals surface area contributed by atoms with Crippen LogP contribution in [0.25, 0.3) is 11.0 Å². The van der Waals surface area contributed by atoms with E-state index in [9.17, 15) is 14.4 Å². The number of aromatic amines is 1. The number of carbonyl (C=O) groups excluding carboxylic acids is 1. The summed E-state index contributed by atoms with van der Waals surface area (Å²) in [6.45, 7) is 9.48. The number of nitrogens with zero attached hydrogens (tertiary/aromatic N) is 3. The molecule has 2 aromatic rings. The van der Waals surface area contributed by atoms with Crippen molar-refractivity contribution in [3.8, 4) is 0 Å². The molecule has 0 saturated carbocycles. The molecule has 9 nitrogen and oxygen atoms in total. The molecule has 2 aromatic heterocycles. The average molecular weight is 389 g/mol. The van der Waals surface area contributed by atoms with E-state index in [0.717, 1.165) is 13.1 Å². The molecule has 0 radical (unpaired) electrons. The van der Waals surface area contributed by atoms with E-state index in [1.54, 1.807) is 13.0 Å². The van der Waals surface area contributed by atoms with Gasteiger partial charge in [0, 0.05) is 38.4 Å². The van der Waals surface area contributed by atoms with Crippen LogP contribution in [0, 0.1) is 12.8 Å². The third-order valence-corrected chi connectivity index (χ3v) is 5.20. The molecule has 1 amide bonds. The predicted octanol–water partition coefficient (Wildman–Crippen LogP) is 0.0168. The van der Waals surface area contributed by atoms with E-state index in [4.69, 9.17) is 4.74 Å². The number of amides is 1. The minimum absolute atomic E-state index is 0.123. The van der Waals surface area contributed by atoms with Crippen LogP contribution >= 0.6 is 0 Å². The number of aromatic nitrogens is 3. The molecule has 0 unspecified atom stereocenters. The lowest BCUT2D eigenvalue weighted by atomic mass is 10.0. The van der Waals surface area contributed by atoms with Gasteiger partial charge in [-0.1, -0.05) is 13.8 Å². The van der Waals surface area contributed by atoms with Gasteiger partial charge in [-0.2, -0.15) is 0 Å². The minimum Gasteiger partial charge on any atom is -0.379 e. The fourth-order valence-electron chi connectivity index (χ4n) is 3.63. The van der Waals surface area contributed by atoms with Gasteiger partial charge in [0.2, 0.25) is 0 Å². The van der Waals surface area contributed by atoms with Crippen LogP contribution in [0.3, 0.4) is 0 Å². The molecular weight excluding hydrogens is 362 g/mol. The highest BCUT2D eigenvalue weighted by atomic mass is 16.5. The third-order valence-electron chi connectivity index (χ3n) is 5.20. The summed E-state index contributed by atoms with van der Waals surface area (Å²) in [6.07, 6.45) is 0. The molecule has 0 spiro atoms. The molecule has 1 atom stereocenters. The molecule has 1 aliphatic heterocycles. The van der Waals surface area contributed by atoms with Gasteiger partial charge in [0.05, 0.1) is 24.2 Å². The largest absolute Gasteiger partial charge is 0.379 e. The zero-order valence-electron chi connectivity index (χ0n) is 16.7. The van der Waals surface area contributed by atoms with Gasteiger partial charge in [-0.15, -0.1) is 0 Å². The van der Waals surface area contributed by atoms with Crippen molar-refractivity contribution >= 4 is 16.9 Å². The first-order chi connectivity index (χ1) is 13.3. The van der Waals surface area contributed by atoms with Crippen LogP contribution in [0.1, 0.15) is 29.9 Å². The van der Waals surface area contributed by atoms with Crippen molar-refractivity contribution < 1.29 is 9.53 Å². The number of H-pyrrole nitrogens is 1. The Labute approximate surface area is 162 Å². The van der Waals surface area contributed by atoms with E-state index >= 15 is 0 Å². The van der Waals surface area contributed by atoms with Crippen LogP contribution in [0.2, 0.25) is 0 Å². The number of ether oxygens (including phenoxy) is 1. The number of rotatable bonds is 5. The zero-order valence-corrected chi connectivity index (χ0v) is 16.7. The van der Waals surface area contributed by atoms with Gasteiger partial charge >= 0.3 is 5.69 Å². The van der Waals surface area contributed by atoms with Crippen LogP contribution in [0.15, 0.2) is 15.7 Å². The lowest BCUT2D eigenvalue weighted by molar-refractivity contribution is 0.00673. The highest BCUT2D eigenvalue weighted by Crippen LogP contribution is 2.15. The highest BCUT2D eigenvalue weighted by molar-refractivity contribution is 6.05. The topological polar surface area (TPSA) is 109 Å². The summed E-state index contributed by atoms with van der Waals surface area (Å²) in [5.41, 5.74) is -0.179. The van der Waals surface area contributed by atoms with Crippen molar-refractivity contribution in [1.29, 1.82) is 0 Å². The molecular formula is C19H27N5O4. The summed E-state index contributed by atoms with van der Waals surface area (Å²) in [5.74, 6) is -0.00268. The van der Waals surface area contributed by atoms with E-state index in [-0.39, 0.29) is 28.5 Å². The number of pyridine rings is 1. The van der Waals surface area contributed by atoms with E-state index in [1.165, 1.54) is 11.6 Å². The predicted molar refractivity (Wildman–Crippen MR) is 106 cm³/mol. The van der Waals surface area contributed by atoms with E-state index in [2.05, 4.69) is 34.0 Å². The molecule has 2 N–H and O–H groups in total. The Morgan fingerprint density at radius 1 is 1.32 bits per heavy atom. The Balaban J connectivity index is 1.90. The first kappa shape index (κ1) is 20.2. The molecule has 0 aromatic carbocycles. The fraction of sp³-hybridized carbons (Fsp3) is 0.579. The number of morpholine rings is 1. The minimum atomic E-state index is -0.607. The van der Waals surface area contributed by atoms with Crippen molar-refractivity contribution in [1.82, 2.24) is 24.8 Å². The maximum Gasteiger partial charge on any atom is 0.329 e. The molecule has 28 heavy (non-hydrogen) atoms. The Bertz CT molecular complexity index is 988. The second-order valence-electron chi connectivity index (χ2n) is 7.50. The summed E-state index contributed by atoms with van der Waals surface area (Å²) >= 11 is 0. The molecule has 1 aliphatic rings. The van der Waals surface area contributed by atoms with Crippen molar-refractivity contribution in [2.75, 3.05) is 32.8 Å². The molecule has 152 valence electrons. The van der Waals surface area contributed by atoms with Crippen LogP contribution in [0.4, 0.5) is 0 Å². The summed E-state index contributed by atoms with van der Waals surface area (Å²) < 4.78 is 6.66. The van der Waals surface area contributed by atoms with Crippen molar-refractivity contribution in [3.05, 3.63) is 38.2 Å². The highest BCUT2D eigenvalue weighted by Gasteiger charge is 2.25. The van der Waals surface area contributed by atoms with Gasteiger partial charge in [0.25, 0.3) is 11.5 Å². The molecule has 9 heteroatoms. The maximum atomic E-state index is 12.9.